The third kappa shape index (κ3) is 5.09. The molecular weight excluding hydrogens is 403 g/mol. The molecule has 1 aromatic heterocycles. The summed E-state index contributed by atoms with van der Waals surface area (Å²) in [5.41, 5.74) is 0.960. The third-order valence-electron chi connectivity index (χ3n) is 4.92. The number of guanidine groups is 1. The highest BCUT2D eigenvalue weighted by atomic mass is 127. The number of rotatable bonds is 5. The van der Waals surface area contributed by atoms with E-state index in [1.165, 1.54) is 19.3 Å². The molecule has 2 heterocycles. The maximum Gasteiger partial charge on any atom is 0.214 e. The molecule has 132 valence electrons. The van der Waals surface area contributed by atoms with Crippen LogP contribution in [0.2, 0.25) is 0 Å². The van der Waals surface area contributed by atoms with E-state index in [0.717, 1.165) is 48.2 Å². The molecule has 0 aliphatic carbocycles. The van der Waals surface area contributed by atoms with Crippen LogP contribution in [0.5, 0.6) is 0 Å². The molecule has 0 amide bonds. The summed E-state index contributed by atoms with van der Waals surface area (Å²) in [5.74, 6) is 4.20. The van der Waals surface area contributed by atoms with Crippen LogP contribution in [0.25, 0.3) is 0 Å². The molecule has 1 fully saturated rings. The highest BCUT2D eigenvalue weighted by Crippen LogP contribution is 2.28. The largest absolute Gasteiger partial charge is 0.444 e. The summed E-state index contributed by atoms with van der Waals surface area (Å²) in [5, 5.41) is 3.38. The van der Waals surface area contributed by atoms with Crippen LogP contribution in [-0.2, 0) is 6.54 Å². The Morgan fingerprint density at radius 3 is 2.61 bits per heavy atom. The Hall–Kier alpha value is -0.790. The fourth-order valence-corrected chi connectivity index (χ4v) is 3.42. The summed E-state index contributed by atoms with van der Waals surface area (Å²) in [6.45, 7) is 11.3. The van der Waals surface area contributed by atoms with Gasteiger partial charge < -0.3 is 14.6 Å². The van der Waals surface area contributed by atoms with Crippen LogP contribution in [0.1, 0.15) is 50.5 Å². The second-order valence-electron chi connectivity index (χ2n) is 6.22. The van der Waals surface area contributed by atoms with E-state index in [9.17, 15) is 0 Å². The number of aryl methyl sites for hydroxylation is 2. The van der Waals surface area contributed by atoms with Crippen LogP contribution in [-0.4, -0.2) is 36.0 Å². The van der Waals surface area contributed by atoms with Crippen molar-refractivity contribution >= 4 is 29.9 Å². The molecule has 23 heavy (non-hydrogen) atoms. The minimum Gasteiger partial charge on any atom is -0.444 e. The van der Waals surface area contributed by atoms with Gasteiger partial charge in [0.1, 0.15) is 5.76 Å². The van der Waals surface area contributed by atoms with Crippen molar-refractivity contribution in [2.75, 3.05) is 20.1 Å². The quantitative estimate of drug-likeness (QED) is 0.436. The third-order valence-corrected chi connectivity index (χ3v) is 4.92. The first-order valence-corrected chi connectivity index (χ1v) is 8.47. The molecule has 5 nitrogen and oxygen atoms in total. The highest BCUT2D eigenvalue weighted by molar-refractivity contribution is 14.0. The molecule has 0 bridgehead atoms. The van der Waals surface area contributed by atoms with Crippen LogP contribution in [0.4, 0.5) is 0 Å². The molecule has 1 aromatic rings. The summed E-state index contributed by atoms with van der Waals surface area (Å²) in [6.07, 6.45) is 3.82. The predicted molar refractivity (Wildman–Crippen MR) is 105 cm³/mol. The summed E-state index contributed by atoms with van der Waals surface area (Å²) >= 11 is 0. The van der Waals surface area contributed by atoms with Crippen molar-refractivity contribution in [3.63, 3.8) is 0 Å². The van der Waals surface area contributed by atoms with E-state index in [1.807, 2.05) is 20.9 Å². The maximum absolute atomic E-state index is 5.62. The first-order chi connectivity index (χ1) is 10.6. The number of hydrogen-bond acceptors (Lipinski definition) is 3. The van der Waals surface area contributed by atoms with Crippen molar-refractivity contribution in [2.24, 2.45) is 16.8 Å². The van der Waals surface area contributed by atoms with Gasteiger partial charge in [-0.1, -0.05) is 26.7 Å². The van der Waals surface area contributed by atoms with Crippen LogP contribution in [0, 0.1) is 25.7 Å². The van der Waals surface area contributed by atoms with Gasteiger partial charge in [0.05, 0.1) is 12.2 Å². The van der Waals surface area contributed by atoms with Gasteiger partial charge in [-0.05, 0) is 32.1 Å². The Labute approximate surface area is 157 Å². The zero-order valence-electron chi connectivity index (χ0n) is 15.1. The second kappa shape index (κ2) is 9.49. The zero-order chi connectivity index (χ0) is 16.1. The van der Waals surface area contributed by atoms with E-state index in [1.54, 1.807) is 0 Å². The van der Waals surface area contributed by atoms with Gasteiger partial charge >= 0.3 is 0 Å². The van der Waals surface area contributed by atoms with Crippen molar-refractivity contribution in [3.8, 4) is 0 Å². The average Bonchev–Trinajstić information content (AvgIpc) is 3.10. The van der Waals surface area contributed by atoms with Crippen molar-refractivity contribution in [3.05, 3.63) is 17.3 Å². The fourth-order valence-electron chi connectivity index (χ4n) is 3.42. The molecule has 0 radical (unpaired) electrons. The van der Waals surface area contributed by atoms with Crippen molar-refractivity contribution < 1.29 is 4.42 Å². The van der Waals surface area contributed by atoms with E-state index in [4.69, 9.17) is 4.42 Å². The average molecular weight is 434 g/mol. The number of aromatic nitrogens is 1. The summed E-state index contributed by atoms with van der Waals surface area (Å²) in [6, 6.07) is 0. The molecule has 1 aliphatic heterocycles. The monoisotopic (exact) mass is 434 g/mol. The number of hydrogen-bond donors (Lipinski definition) is 1. The van der Waals surface area contributed by atoms with E-state index in [2.05, 4.69) is 34.0 Å². The summed E-state index contributed by atoms with van der Waals surface area (Å²) in [7, 11) is 1.85. The minimum absolute atomic E-state index is 0. The van der Waals surface area contributed by atoms with Crippen LogP contribution in [0.3, 0.4) is 0 Å². The highest BCUT2D eigenvalue weighted by Gasteiger charge is 2.29. The Bertz CT molecular complexity index is 491. The van der Waals surface area contributed by atoms with E-state index < -0.39 is 0 Å². The molecular formula is C17H31IN4O. The summed E-state index contributed by atoms with van der Waals surface area (Å²) < 4.78 is 5.62. The van der Waals surface area contributed by atoms with Crippen LogP contribution >= 0.6 is 24.0 Å². The first kappa shape index (κ1) is 20.3. The van der Waals surface area contributed by atoms with Gasteiger partial charge in [-0.25, -0.2) is 4.98 Å². The maximum atomic E-state index is 5.62. The number of nitrogens with one attached hydrogen (secondary N) is 1. The Morgan fingerprint density at radius 2 is 2.09 bits per heavy atom. The van der Waals surface area contributed by atoms with E-state index in [0.29, 0.717) is 6.54 Å². The topological polar surface area (TPSA) is 53.7 Å². The summed E-state index contributed by atoms with van der Waals surface area (Å²) in [4.78, 5) is 11.2. The van der Waals surface area contributed by atoms with Gasteiger partial charge in [0.15, 0.2) is 5.96 Å². The normalized spacial score (nSPS) is 18.4. The van der Waals surface area contributed by atoms with Crippen molar-refractivity contribution in [1.82, 2.24) is 15.2 Å². The lowest BCUT2D eigenvalue weighted by Gasteiger charge is -2.23. The Kier molecular flexibility index (Phi) is 8.36. The minimum atomic E-state index is 0. The standard InChI is InChI=1S/C17H30N4O.HI/c1-6-14(7-2)15-8-9-21(11-15)17(18-5)19-10-16-20-12(3)13(4)22-16;/h14-15H,6-11H2,1-5H3,(H,18,19);1H. The van der Waals surface area contributed by atoms with Gasteiger partial charge in [0.25, 0.3) is 0 Å². The molecule has 6 heteroatoms. The first-order valence-electron chi connectivity index (χ1n) is 8.47. The SMILES string of the molecule is CCC(CC)C1CCN(C(=NC)NCc2nc(C)c(C)o2)C1.I. The number of likely N-dealkylation sites (tertiary alicyclic amines) is 1. The number of nitrogens with zero attached hydrogens (tertiary/aromatic N) is 3. The Balaban J connectivity index is 0.00000264. The van der Waals surface area contributed by atoms with Crippen LogP contribution < -0.4 is 5.32 Å². The van der Waals surface area contributed by atoms with Gasteiger partial charge in [-0.15, -0.1) is 24.0 Å². The number of halogens is 1. The Morgan fingerprint density at radius 1 is 1.39 bits per heavy atom. The van der Waals surface area contributed by atoms with Gasteiger partial charge in [-0.2, -0.15) is 0 Å². The lowest BCUT2D eigenvalue weighted by molar-refractivity contribution is 0.318. The smallest absolute Gasteiger partial charge is 0.214 e. The van der Waals surface area contributed by atoms with E-state index in [-0.39, 0.29) is 24.0 Å². The van der Waals surface area contributed by atoms with Gasteiger partial charge in [-0.3, -0.25) is 4.99 Å². The molecule has 1 aliphatic rings. The van der Waals surface area contributed by atoms with E-state index >= 15 is 0 Å². The molecule has 1 unspecified atom stereocenters. The molecule has 1 atom stereocenters. The van der Waals surface area contributed by atoms with Crippen molar-refractivity contribution in [1.29, 1.82) is 0 Å². The molecule has 0 aromatic carbocycles. The predicted octanol–water partition coefficient (Wildman–Crippen LogP) is 3.74. The molecule has 1 saturated heterocycles. The second-order valence-corrected chi connectivity index (χ2v) is 6.22. The lowest BCUT2D eigenvalue weighted by atomic mass is 9.87. The lowest BCUT2D eigenvalue weighted by Crippen LogP contribution is -2.40. The molecule has 2 rings (SSSR count). The molecule has 0 spiro atoms. The number of aliphatic imine (C=N–C) groups is 1. The van der Waals surface area contributed by atoms with Crippen molar-refractivity contribution in [2.45, 2.75) is 53.5 Å². The number of oxazole rings is 1. The molecule has 1 N–H and O–H groups in total. The van der Waals surface area contributed by atoms with Gasteiger partial charge in [0, 0.05) is 20.1 Å². The van der Waals surface area contributed by atoms with Gasteiger partial charge in [0.2, 0.25) is 5.89 Å². The van der Waals surface area contributed by atoms with Crippen LogP contribution in [0.15, 0.2) is 9.41 Å². The zero-order valence-corrected chi connectivity index (χ0v) is 17.4. The molecule has 0 saturated carbocycles. The fraction of sp³-hybridized carbons (Fsp3) is 0.765.